The van der Waals surface area contributed by atoms with Crippen molar-refractivity contribution >= 4 is 5.69 Å². The summed E-state index contributed by atoms with van der Waals surface area (Å²) in [5.41, 5.74) is 0.660. The van der Waals surface area contributed by atoms with Gasteiger partial charge < -0.3 is 5.11 Å². The van der Waals surface area contributed by atoms with Crippen molar-refractivity contribution < 1.29 is 10.0 Å². The summed E-state index contributed by atoms with van der Waals surface area (Å²) < 4.78 is 0. The number of rotatable bonds is 4. The second kappa shape index (κ2) is 5.03. The van der Waals surface area contributed by atoms with Gasteiger partial charge in [-0.25, -0.2) is 0 Å². The number of hydrogen-bond acceptors (Lipinski definition) is 4. The maximum atomic E-state index is 10.5. The smallest absolute Gasteiger partial charge is 0.287 e. The van der Waals surface area contributed by atoms with Crippen molar-refractivity contribution in [3.8, 4) is 0 Å². The molecule has 0 bridgehead atoms. The predicted octanol–water partition coefficient (Wildman–Crippen LogP) is 2.11. The van der Waals surface area contributed by atoms with Crippen molar-refractivity contribution in [1.29, 1.82) is 0 Å². The number of pyridine rings is 1. The van der Waals surface area contributed by atoms with Gasteiger partial charge in [0.25, 0.3) is 5.69 Å². The third-order valence-electron chi connectivity index (χ3n) is 2.56. The second-order valence-electron chi connectivity index (χ2n) is 4.21. The average molecular weight is 224 g/mol. The highest BCUT2D eigenvalue weighted by Crippen LogP contribution is 2.27. The van der Waals surface area contributed by atoms with Crippen LogP contribution in [-0.4, -0.2) is 21.1 Å². The number of nitro groups is 1. The van der Waals surface area contributed by atoms with Crippen LogP contribution in [0.4, 0.5) is 5.69 Å². The van der Waals surface area contributed by atoms with Gasteiger partial charge in [0.1, 0.15) is 6.20 Å². The Morgan fingerprint density at radius 3 is 2.31 bits per heavy atom. The summed E-state index contributed by atoms with van der Waals surface area (Å²) in [6.07, 6.45) is 0.710. The van der Waals surface area contributed by atoms with E-state index in [0.717, 1.165) is 0 Å². The number of aliphatic hydroxyl groups is 1. The minimum absolute atomic E-state index is 0.0307. The first kappa shape index (κ1) is 12.6. The van der Waals surface area contributed by atoms with Crippen LogP contribution >= 0.6 is 0 Å². The third kappa shape index (κ3) is 2.76. The summed E-state index contributed by atoms with van der Waals surface area (Å²) in [7, 11) is 0. The maximum Gasteiger partial charge on any atom is 0.287 e. The van der Waals surface area contributed by atoms with Gasteiger partial charge in [-0.05, 0) is 18.9 Å². The number of hydrogen-bond donors (Lipinski definition) is 1. The van der Waals surface area contributed by atoms with Crippen molar-refractivity contribution in [3.63, 3.8) is 0 Å². The molecule has 88 valence electrons. The number of nitrogens with zero attached hydrogens (tertiary/aromatic N) is 2. The van der Waals surface area contributed by atoms with E-state index in [2.05, 4.69) is 4.98 Å². The molecule has 1 N–H and O–H groups in total. The van der Waals surface area contributed by atoms with E-state index >= 15 is 0 Å². The van der Waals surface area contributed by atoms with E-state index in [0.29, 0.717) is 5.69 Å². The molecule has 0 fully saturated rings. The highest BCUT2D eigenvalue weighted by molar-refractivity contribution is 5.28. The molecular formula is C11H16N2O3. The van der Waals surface area contributed by atoms with Crippen LogP contribution < -0.4 is 0 Å². The Morgan fingerprint density at radius 2 is 2.00 bits per heavy atom. The Kier molecular flexibility index (Phi) is 3.95. The van der Waals surface area contributed by atoms with Crippen LogP contribution in [0.5, 0.6) is 0 Å². The Labute approximate surface area is 94.3 Å². The molecule has 0 saturated carbocycles. The quantitative estimate of drug-likeness (QED) is 0.627. The first-order valence-corrected chi connectivity index (χ1v) is 5.22. The summed E-state index contributed by atoms with van der Waals surface area (Å²) in [6.45, 7) is 5.68. The van der Waals surface area contributed by atoms with Gasteiger partial charge in [-0.3, -0.25) is 15.1 Å². The lowest BCUT2D eigenvalue weighted by Crippen LogP contribution is -2.21. The standard InChI is InChI=1S/C11H16N2O3/c1-7(2)11(8(3)14)10-5-4-9(6-12-10)13(15)16/h4-8,11,14H,1-3H3. The van der Waals surface area contributed by atoms with Gasteiger partial charge in [0.05, 0.1) is 11.0 Å². The minimum atomic E-state index is -0.519. The lowest BCUT2D eigenvalue weighted by Gasteiger charge is -2.22. The lowest BCUT2D eigenvalue weighted by atomic mass is 9.88. The fraction of sp³-hybridized carbons (Fsp3) is 0.545. The maximum absolute atomic E-state index is 10.5. The fourth-order valence-corrected chi connectivity index (χ4v) is 1.85. The molecule has 2 unspecified atom stereocenters. The zero-order valence-corrected chi connectivity index (χ0v) is 9.62. The first-order valence-electron chi connectivity index (χ1n) is 5.22. The van der Waals surface area contributed by atoms with Crippen molar-refractivity contribution in [2.45, 2.75) is 32.8 Å². The van der Waals surface area contributed by atoms with Crippen LogP contribution in [0, 0.1) is 16.0 Å². The average Bonchev–Trinajstić information content (AvgIpc) is 2.17. The van der Waals surface area contributed by atoms with E-state index in [1.165, 1.54) is 12.3 Å². The van der Waals surface area contributed by atoms with Gasteiger partial charge in [-0.15, -0.1) is 0 Å². The summed E-state index contributed by atoms with van der Waals surface area (Å²) in [4.78, 5) is 14.0. The van der Waals surface area contributed by atoms with Crippen molar-refractivity contribution in [1.82, 2.24) is 4.98 Å². The first-order chi connectivity index (χ1) is 7.43. The lowest BCUT2D eigenvalue weighted by molar-refractivity contribution is -0.385. The molecule has 0 radical (unpaired) electrons. The van der Waals surface area contributed by atoms with E-state index in [-0.39, 0.29) is 17.5 Å². The fourth-order valence-electron chi connectivity index (χ4n) is 1.85. The Balaban J connectivity index is 2.99. The van der Waals surface area contributed by atoms with Gasteiger partial charge in [-0.1, -0.05) is 13.8 Å². The number of aliphatic hydroxyl groups excluding tert-OH is 1. The molecule has 2 atom stereocenters. The topological polar surface area (TPSA) is 76.3 Å². The predicted molar refractivity (Wildman–Crippen MR) is 60.2 cm³/mol. The van der Waals surface area contributed by atoms with E-state index in [1.807, 2.05) is 13.8 Å². The van der Waals surface area contributed by atoms with Gasteiger partial charge >= 0.3 is 0 Å². The van der Waals surface area contributed by atoms with Crippen molar-refractivity contribution in [3.05, 3.63) is 34.1 Å². The summed E-state index contributed by atoms with van der Waals surface area (Å²) in [6, 6.07) is 3.02. The molecule has 0 amide bonds. The van der Waals surface area contributed by atoms with E-state index in [9.17, 15) is 15.2 Å². The van der Waals surface area contributed by atoms with Crippen molar-refractivity contribution in [2.75, 3.05) is 0 Å². The molecule has 0 aliphatic heterocycles. The highest BCUT2D eigenvalue weighted by atomic mass is 16.6. The molecule has 1 rings (SSSR count). The molecule has 0 spiro atoms. The molecule has 5 nitrogen and oxygen atoms in total. The molecule has 1 aromatic heterocycles. The molecule has 0 aromatic carbocycles. The van der Waals surface area contributed by atoms with Crippen LogP contribution in [-0.2, 0) is 0 Å². The SMILES string of the molecule is CC(C)C(c1ccc([N+](=O)[O-])cn1)C(C)O. The largest absolute Gasteiger partial charge is 0.393 e. The van der Waals surface area contributed by atoms with Crippen LogP contribution in [0.2, 0.25) is 0 Å². The second-order valence-corrected chi connectivity index (χ2v) is 4.21. The summed E-state index contributed by atoms with van der Waals surface area (Å²) >= 11 is 0. The summed E-state index contributed by atoms with van der Waals surface area (Å²) in [5, 5.41) is 20.1. The minimum Gasteiger partial charge on any atom is -0.393 e. The molecule has 0 aliphatic rings. The Morgan fingerprint density at radius 1 is 1.38 bits per heavy atom. The zero-order chi connectivity index (χ0) is 12.3. The molecule has 1 heterocycles. The monoisotopic (exact) mass is 224 g/mol. The highest BCUT2D eigenvalue weighted by Gasteiger charge is 2.22. The van der Waals surface area contributed by atoms with Crippen LogP contribution in [0.1, 0.15) is 32.4 Å². The van der Waals surface area contributed by atoms with Crippen LogP contribution in [0.3, 0.4) is 0 Å². The van der Waals surface area contributed by atoms with Crippen LogP contribution in [0.15, 0.2) is 18.3 Å². The molecule has 0 aliphatic carbocycles. The molecule has 0 saturated heterocycles. The molecular weight excluding hydrogens is 208 g/mol. The van der Waals surface area contributed by atoms with Gasteiger partial charge in [0.15, 0.2) is 0 Å². The van der Waals surface area contributed by atoms with Crippen LogP contribution in [0.25, 0.3) is 0 Å². The Bertz CT molecular complexity index is 352. The normalized spacial score (nSPS) is 14.8. The molecule has 5 heteroatoms. The van der Waals surface area contributed by atoms with E-state index in [1.54, 1.807) is 13.0 Å². The molecule has 16 heavy (non-hydrogen) atoms. The van der Waals surface area contributed by atoms with E-state index in [4.69, 9.17) is 0 Å². The zero-order valence-electron chi connectivity index (χ0n) is 9.62. The van der Waals surface area contributed by atoms with Gasteiger partial charge in [0.2, 0.25) is 0 Å². The summed E-state index contributed by atoms with van der Waals surface area (Å²) in [5.74, 6) is 0.134. The number of aromatic nitrogens is 1. The third-order valence-corrected chi connectivity index (χ3v) is 2.56. The van der Waals surface area contributed by atoms with E-state index < -0.39 is 11.0 Å². The Hall–Kier alpha value is -1.49. The van der Waals surface area contributed by atoms with Gasteiger partial charge in [-0.2, -0.15) is 0 Å². The molecule has 1 aromatic rings. The van der Waals surface area contributed by atoms with Crippen molar-refractivity contribution in [2.24, 2.45) is 5.92 Å². The van der Waals surface area contributed by atoms with Gasteiger partial charge in [0, 0.05) is 17.7 Å².